The maximum atomic E-state index is 12.6. The maximum Gasteiger partial charge on any atom is 0.326 e. The van der Waals surface area contributed by atoms with Crippen molar-refractivity contribution in [2.75, 3.05) is 19.6 Å². The number of likely N-dealkylation sites (tertiary alicyclic amines) is 1. The van der Waals surface area contributed by atoms with Crippen molar-refractivity contribution in [3.63, 3.8) is 0 Å². The van der Waals surface area contributed by atoms with Crippen LogP contribution in [0.15, 0.2) is 0 Å². The third-order valence-corrected chi connectivity index (χ3v) is 4.08. The average Bonchev–Trinajstić information content (AvgIpc) is 2.45. The van der Waals surface area contributed by atoms with Crippen LogP contribution in [-0.2, 0) is 4.79 Å². The summed E-state index contributed by atoms with van der Waals surface area (Å²) in [6.45, 7) is 8.13. The number of rotatable bonds is 6. The molecule has 5 nitrogen and oxygen atoms in total. The highest BCUT2D eigenvalue weighted by Gasteiger charge is 2.37. The second-order valence-corrected chi connectivity index (χ2v) is 5.62. The molecule has 0 aromatic rings. The van der Waals surface area contributed by atoms with Crippen molar-refractivity contribution in [1.29, 1.82) is 0 Å². The minimum atomic E-state index is -0.871. The molecule has 0 radical (unpaired) electrons. The molecule has 1 N–H and O–H groups in total. The fraction of sp³-hybridized carbons (Fsp3) is 0.867. The number of carbonyl (C=O) groups excluding carboxylic acids is 1. The van der Waals surface area contributed by atoms with E-state index in [0.29, 0.717) is 32.0 Å². The standard InChI is InChI=1S/C15H28N2O3/c1-4-8-16(9-5-2)15(20)17-10-7-12(6-3)11-13(17)14(18)19/h12-13H,4-11H2,1-3H3,(H,18,19). The Balaban J connectivity index is 2.79. The van der Waals surface area contributed by atoms with Crippen molar-refractivity contribution in [3.05, 3.63) is 0 Å². The number of aliphatic carboxylic acids is 1. The van der Waals surface area contributed by atoms with Crippen LogP contribution in [0.25, 0.3) is 0 Å². The Bertz CT molecular complexity index is 327. The van der Waals surface area contributed by atoms with E-state index < -0.39 is 12.0 Å². The molecule has 0 aromatic carbocycles. The van der Waals surface area contributed by atoms with Gasteiger partial charge in [-0.3, -0.25) is 0 Å². The van der Waals surface area contributed by atoms with Gasteiger partial charge in [-0.2, -0.15) is 0 Å². The highest BCUT2D eigenvalue weighted by atomic mass is 16.4. The van der Waals surface area contributed by atoms with Crippen LogP contribution in [0, 0.1) is 5.92 Å². The van der Waals surface area contributed by atoms with Gasteiger partial charge in [0, 0.05) is 19.6 Å². The second-order valence-electron chi connectivity index (χ2n) is 5.62. The SMILES string of the molecule is CCCN(CCC)C(=O)N1CCC(CC)CC1C(=O)O. The molecule has 2 atom stereocenters. The number of carboxylic acids is 1. The first-order valence-corrected chi connectivity index (χ1v) is 7.83. The Kier molecular flexibility index (Phi) is 6.82. The number of hydrogen-bond acceptors (Lipinski definition) is 2. The first kappa shape index (κ1) is 16.8. The molecule has 1 aliphatic heterocycles. The summed E-state index contributed by atoms with van der Waals surface area (Å²) in [4.78, 5) is 27.4. The molecule has 1 fully saturated rings. The average molecular weight is 284 g/mol. The van der Waals surface area contributed by atoms with Gasteiger partial charge in [-0.05, 0) is 31.6 Å². The molecule has 0 aliphatic carbocycles. The Morgan fingerprint density at radius 1 is 1.20 bits per heavy atom. The Labute approximate surface area is 121 Å². The molecule has 1 saturated heterocycles. The molecule has 20 heavy (non-hydrogen) atoms. The van der Waals surface area contributed by atoms with E-state index in [9.17, 15) is 14.7 Å². The molecule has 0 saturated carbocycles. The molecule has 1 aliphatic rings. The van der Waals surface area contributed by atoms with Crippen LogP contribution >= 0.6 is 0 Å². The quantitative estimate of drug-likeness (QED) is 0.816. The van der Waals surface area contributed by atoms with Gasteiger partial charge in [0.05, 0.1) is 0 Å². The number of carboxylic acid groups (broad SMARTS) is 1. The summed E-state index contributed by atoms with van der Waals surface area (Å²) in [5.41, 5.74) is 0. The number of hydrogen-bond donors (Lipinski definition) is 1. The fourth-order valence-electron chi connectivity index (χ4n) is 2.90. The van der Waals surface area contributed by atoms with Crippen LogP contribution in [0.3, 0.4) is 0 Å². The van der Waals surface area contributed by atoms with E-state index in [1.54, 1.807) is 9.80 Å². The van der Waals surface area contributed by atoms with Crippen molar-refractivity contribution < 1.29 is 14.7 Å². The molecule has 5 heteroatoms. The van der Waals surface area contributed by atoms with Crippen LogP contribution in [0.2, 0.25) is 0 Å². The second kappa shape index (κ2) is 8.12. The van der Waals surface area contributed by atoms with Gasteiger partial charge in [0.1, 0.15) is 6.04 Å². The van der Waals surface area contributed by atoms with Crippen LogP contribution in [0.4, 0.5) is 4.79 Å². The number of piperidine rings is 1. The lowest BCUT2D eigenvalue weighted by atomic mass is 9.89. The summed E-state index contributed by atoms with van der Waals surface area (Å²) in [7, 11) is 0. The third kappa shape index (κ3) is 4.12. The molecule has 1 heterocycles. The van der Waals surface area contributed by atoms with Crippen LogP contribution in [-0.4, -0.2) is 52.6 Å². The van der Waals surface area contributed by atoms with Crippen molar-refractivity contribution in [2.45, 2.75) is 58.9 Å². The highest BCUT2D eigenvalue weighted by Crippen LogP contribution is 2.26. The Morgan fingerprint density at radius 2 is 1.80 bits per heavy atom. The third-order valence-electron chi connectivity index (χ3n) is 4.08. The molecule has 0 aromatic heterocycles. The zero-order chi connectivity index (χ0) is 15.1. The largest absolute Gasteiger partial charge is 0.480 e. The molecular formula is C15H28N2O3. The first-order chi connectivity index (χ1) is 9.54. The summed E-state index contributed by atoms with van der Waals surface area (Å²) in [6.07, 6.45) is 4.28. The van der Waals surface area contributed by atoms with E-state index in [-0.39, 0.29) is 6.03 Å². The lowest BCUT2D eigenvalue weighted by Gasteiger charge is -2.39. The molecule has 1 rings (SSSR count). The number of amides is 2. The van der Waals surface area contributed by atoms with Gasteiger partial charge in [0.15, 0.2) is 0 Å². The number of urea groups is 1. The monoisotopic (exact) mass is 284 g/mol. The van der Waals surface area contributed by atoms with Gasteiger partial charge in [-0.25, -0.2) is 9.59 Å². The lowest BCUT2D eigenvalue weighted by molar-refractivity contribution is -0.144. The predicted octanol–water partition coefficient (Wildman–Crippen LogP) is 2.80. The van der Waals surface area contributed by atoms with Crippen LogP contribution in [0.1, 0.15) is 52.9 Å². The first-order valence-electron chi connectivity index (χ1n) is 7.83. The van der Waals surface area contributed by atoms with E-state index in [1.807, 2.05) is 13.8 Å². The van der Waals surface area contributed by atoms with Gasteiger partial charge in [0.2, 0.25) is 0 Å². The summed E-state index contributed by atoms with van der Waals surface area (Å²) >= 11 is 0. The maximum absolute atomic E-state index is 12.6. The van der Waals surface area contributed by atoms with Gasteiger partial charge in [-0.1, -0.05) is 27.2 Å². The van der Waals surface area contributed by atoms with Gasteiger partial charge in [0.25, 0.3) is 0 Å². The highest BCUT2D eigenvalue weighted by molar-refractivity contribution is 5.83. The lowest BCUT2D eigenvalue weighted by Crippen LogP contribution is -2.54. The van der Waals surface area contributed by atoms with Crippen LogP contribution < -0.4 is 0 Å². The zero-order valence-electron chi connectivity index (χ0n) is 13.0. The molecule has 0 bridgehead atoms. The minimum absolute atomic E-state index is 0.101. The summed E-state index contributed by atoms with van der Waals surface area (Å²) in [5, 5.41) is 9.40. The molecule has 2 unspecified atom stereocenters. The van der Waals surface area contributed by atoms with Crippen molar-refractivity contribution in [1.82, 2.24) is 9.80 Å². The Morgan fingerprint density at radius 3 is 2.25 bits per heavy atom. The van der Waals surface area contributed by atoms with E-state index in [0.717, 1.165) is 25.7 Å². The summed E-state index contributed by atoms with van der Waals surface area (Å²) < 4.78 is 0. The fourth-order valence-corrected chi connectivity index (χ4v) is 2.90. The van der Waals surface area contributed by atoms with E-state index >= 15 is 0 Å². The van der Waals surface area contributed by atoms with Gasteiger partial charge in [-0.15, -0.1) is 0 Å². The van der Waals surface area contributed by atoms with E-state index in [2.05, 4.69) is 6.92 Å². The Hall–Kier alpha value is -1.26. The van der Waals surface area contributed by atoms with E-state index in [4.69, 9.17) is 0 Å². The van der Waals surface area contributed by atoms with E-state index in [1.165, 1.54) is 0 Å². The summed E-state index contributed by atoms with van der Waals surface area (Å²) in [6, 6.07) is -0.756. The number of nitrogens with zero attached hydrogens (tertiary/aromatic N) is 2. The van der Waals surface area contributed by atoms with Crippen LogP contribution in [0.5, 0.6) is 0 Å². The normalized spacial score (nSPS) is 22.6. The van der Waals surface area contributed by atoms with Gasteiger partial charge < -0.3 is 14.9 Å². The predicted molar refractivity (Wildman–Crippen MR) is 78.7 cm³/mol. The minimum Gasteiger partial charge on any atom is -0.480 e. The van der Waals surface area contributed by atoms with Gasteiger partial charge >= 0.3 is 12.0 Å². The van der Waals surface area contributed by atoms with Crippen molar-refractivity contribution in [3.8, 4) is 0 Å². The molecule has 116 valence electrons. The zero-order valence-corrected chi connectivity index (χ0v) is 13.0. The summed E-state index contributed by atoms with van der Waals surface area (Å²) in [5.74, 6) is -0.449. The molecular weight excluding hydrogens is 256 g/mol. The number of carbonyl (C=O) groups is 2. The van der Waals surface area contributed by atoms with Crippen molar-refractivity contribution >= 4 is 12.0 Å². The molecule has 0 spiro atoms. The topological polar surface area (TPSA) is 60.9 Å². The molecule has 2 amide bonds. The smallest absolute Gasteiger partial charge is 0.326 e. The van der Waals surface area contributed by atoms with Crippen molar-refractivity contribution in [2.24, 2.45) is 5.92 Å².